The van der Waals surface area contributed by atoms with Crippen molar-refractivity contribution in [1.29, 1.82) is 0 Å². The molecule has 0 aromatic carbocycles. The molecule has 0 aliphatic heterocycles. The molecule has 17 heavy (non-hydrogen) atoms. The van der Waals surface area contributed by atoms with Gasteiger partial charge in [0.2, 0.25) is 5.91 Å². The second-order valence-corrected chi connectivity index (χ2v) is 5.23. The first kappa shape index (κ1) is 15.8. The molecule has 0 aliphatic carbocycles. The fraction of sp³-hybridized carbons (Fsp3) is 0.769. The first-order chi connectivity index (χ1) is 7.75. The van der Waals surface area contributed by atoms with E-state index in [1.54, 1.807) is 7.05 Å². The molecule has 98 valence electrons. The zero-order valence-electron chi connectivity index (χ0n) is 11.4. The van der Waals surface area contributed by atoms with Crippen molar-refractivity contribution in [2.24, 2.45) is 5.41 Å². The third-order valence-corrected chi connectivity index (χ3v) is 2.56. The highest BCUT2D eigenvalue weighted by molar-refractivity contribution is 5.81. The molecule has 4 heteroatoms. The van der Waals surface area contributed by atoms with Gasteiger partial charge >= 0.3 is 0 Å². The lowest BCUT2D eigenvalue weighted by atomic mass is 9.93. The minimum absolute atomic E-state index is 0.0341. The average Bonchev–Trinajstić information content (AvgIpc) is 2.26. The van der Waals surface area contributed by atoms with Gasteiger partial charge in [-0.25, -0.2) is 0 Å². The molecule has 0 radical (unpaired) electrons. The minimum atomic E-state index is -0.543. The van der Waals surface area contributed by atoms with Gasteiger partial charge < -0.3 is 14.8 Å². The molecule has 0 heterocycles. The van der Waals surface area contributed by atoms with Crippen LogP contribution >= 0.6 is 0 Å². The Bertz CT molecular complexity index is 290. The lowest BCUT2D eigenvalue weighted by Crippen LogP contribution is -2.41. The maximum absolute atomic E-state index is 11.6. The highest BCUT2D eigenvalue weighted by atomic mass is 16.5. The van der Waals surface area contributed by atoms with E-state index in [2.05, 4.69) is 11.4 Å². The zero-order valence-corrected chi connectivity index (χ0v) is 11.4. The average molecular weight is 241 g/mol. The van der Waals surface area contributed by atoms with E-state index in [4.69, 9.17) is 15.9 Å². The predicted molar refractivity (Wildman–Crippen MR) is 67.3 cm³/mol. The Hall–Kier alpha value is -1.21. The normalized spacial score (nSPS) is 11.8. The quantitative estimate of drug-likeness (QED) is 0.543. The van der Waals surface area contributed by atoms with Crippen LogP contribution in [-0.2, 0) is 14.3 Å². The summed E-state index contributed by atoms with van der Waals surface area (Å²) in [6, 6.07) is 0. The Morgan fingerprint density at radius 2 is 1.94 bits per heavy atom. The summed E-state index contributed by atoms with van der Waals surface area (Å²) < 4.78 is 10.6. The number of hydrogen-bond donors (Lipinski definition) is 1. The molecule has 0 rings (SSSR count). The number of carbonyl (C=O) groups excluding carboxylic acids is 1. The van der Waals surface area contributed by atoms with Crippen LogP contribution in [0.5, 0.6) is 0 Å². The zero-order chi connectivity index (χ0) is 13.5. The summed E-state index contributed by atoms with van der Waals surface area (Å²) in [5.41, 5.74) is -0.902. The third-order valence-electron chi connectivity index (χ3n) is 2.56. The van der Waals surface area contributed by atoms with Crippen LogP contribution in [0.3, 0.4) is 0 Å². The van der Waals surface area contributed by atoms with E-state index < -0.39 is 5.41 Å². The van der Waals surface area contributed by atoms with Gasteiger partial charge in [0.05, 0.1) is 17.6 Å². The van der Waals surface area contributed by atoms with E-state index in [0.29, 0.717) is 19.6 Å². The van der Waals surface area contributed by atoms with Gasteiger partial charge in [-0.05, 0) is 27.7 Å². The van der Waals surface area contributed by atoms with Crippen molar-refractivity contribution >= 4 is 5.91 Å². The lowest BCUT2D eigenvalue weighted by molar-refractivity contribution is -0.136. The van der Waals surface area contributed by atoms with E-state index in [0.717, 1.165) is 0 Å². The van der Waals surface area contributed by atoms with Crippen LogP contribution in [-0.4, -0.2) is 31.8 Å². The van der Waals surface area contributed by atoms with Crippen LogP contribution in [0.2, 0.25) is 0 Å². The van der Waals surface area contributed by atoms with Gasteiger partial charge in [-0.2, -0.15) is 0 Å². The fourth-order valence-corrected chi connectivity index (χ4v) is 1.21. The molecule has 0 spiro atoms. The number of nitrogens with one attached hydrogen (secondary N) is 1. The number of amides is 1. The molecule has 0 aromatic rings. The summed E-state index contributed by atoms with van der Waals surface area (Å²) in [5, 5.41) is 2.62. The van der Waals surface area contributed by atoms with Gasteiger partial charge in [0.1, 0.15) is 12.7 Å². The third kappa shape index (κ3) is 6.18. The van der Waals surface area contributed by atoms with Crippen molar-refractivity contribution < 1.29 is 14.3 Å². The predicted octanol–water partition coefficient (Wildman–Crippen LogP) is 1.55. The molecule has 4 nitrogen and oxygen atoms in total. The summed E-state index contributed by atoms with van der Waals surface area (Å²) in [6.07, 6.45) is 7.79. The Kier molecular flexibility index (Phi) is 6.04. The lowest BCUT2D eigenvalue weighted by Gasteiger charge is -2.30. The van der Waals surface area contributed by atoms with Gasteiger partial charge in [-0.1, -0.05) is 6.42 Å². The van der Waals surface area contributed by atoms with Crippen LogP contribution in [0.1, 0.15) is 34.1 Å². The Labute approximate surface area is 104 Å². The number of terminal acetylenes is 1. The van der Waals surface area contributed by atoms with E-state index >= 15 is 0 Å². The largest absolute Gasteiger partial charge is 0.447 e. The Morgan fingerprint density at radius 1 is 1.35 bits per heavy atom. The Morgan fingerprint density at radius 3 is 2.41 bits per heavy atom. The molecule has 0 bridgehead atoms. The van der Waals surface area contributed by atoms with Crippen molar-refractivity contribution in [1.82, 2.24) is 5.32 Å². The molecule has 0 saturated heterocycles. The van der Waals surface area contributed by atoms with Crippen molar-refractivity contribution in [2.45, 2.75) is 39.7 Å². The first-order valence-corrected chi connectivity index (χ1v) is 5.69. The molecule has 1 N–H and O–H groups in total. The molecule has 0 aliphatic rings. The summed E-state index contributed by atoms with van der Waals surface area (Å²) in [7, 11) is 1.62. The van der Waals surface area contributed by atoms with Crippen LogP contribution < -0.4 is 5.32 Å². The van der Waals surface area contributed by atoms with Gasteiger partial charge in [-0.15, -0.1) is 0 Å². The SMILES string of the molecule is C#COCCC(C)(C)OCC(C)(C)C(=O)NC. The molecule has 0 atom stereocenters. The van der Waals surface area contributed by atoms with Crippen LogP contribution in [0.4, 0.5) is 0 Å². The summed E-state index contributed by atoms with van der Waals surface area (Å²) >= 11 is 0. The maximum Gasteiger partial charge on any atom is 0.227 e. The van der Waals surface area contributed by atoms with Crippen molar-refractivity contribution in [2.75, 3.05) is 20.3 Å². The van der Waals surface area contributed by atoms with Crippen LogP contribution in [0.15, 0.2) is 0 Å². The highest BCUT2D eigenvalue weighted by Crippen LogP contribution is 2.22. The standard InChI is InChI=1S/C13H23NO3/c1-7-16-9-8-13(4,5)17-10-12(2,3)11(15)14-6/h1H,8-10H2,2-6H3,(H,14,15). The van der Waals surface area contributed by atoms with Gasteiger partial charge in [0.15, 0.2) is 0 Å². The molecular weight excluding hydrogens is 218 g/mol. The number of carbonyl (C=O) groups is 1. The molecule has 0 unspecified atom stereocenters. The molecule has 0 aromatic heterocycles. The van der Waals surface area contributed by atoms with Gasteiger partial charge in [0.25, 0.3) is 0 Å². The highest BCUT2D eigenvalue weighted by Gasteiger charge is 2.30. The van der Waals surface area contributed by atoms with Crippen LogP contribution in [0, 0.1) is 17.9 Å². The van der Waals surface area contributed by atoms with Crippen molar-refractivity contribution in [3.8, 4) is 12.5 Å². The van der Waals surface area contributed by atoms with Crippen molar-refractivity contribution in [3.05, 3.63) is 0 Å². The first-order valence-electron chi connectivity index (χ1n) is 5.69. The topological polar surface area (TPSA) is 47.6 Å². The molecular formula is C13H23NO3. The van der Waals surface area contributed by atoms with Gasteiger partial charge in [-0.3, -0.25) is 4.79 Å². The second-order valence-electron chi connectivity index (χ2n) is 5.23. The van der Waals surface area contributed by atoms with Gasteiger partial charge in [0, 0.05) is 13.5 Å². The summed E-state index contributed by atoms with van der Waals surface area (Å²) in [6.45, 7) is 8.40. The summed E-state index contributed by atoms with van der Waals surface area (Å²) in [5.74, 6) is -0.0341. The minimum Gasteiger partial charge on any atom is -0.447 e. The molecule has 0 saturated carbocycles. The van der Waals surface area contributed by atoms with E-state index in [9.17, 15) is 4.79 Å². The number of ether oxygens (including phenoxy) is 2. The van der Waals surface area contributed by atoms with E-state index in [1.165, 1.54) is 0 Å². The van der Waals surface area contributed by atoms with E-state index in [1.807, 2.05) is 27.7 Å². The number of rotatable bonds is 7. The molecule has 0 fully saturated rings. The summed E-state index contributed by atoms with van der Waals surface area (Å²) in [4.78, 5) is 11.6. The number of hydrogen-bond acceptors (Lipinski definition) is 3. The maximum atomic E-state index is 11.6. The molecule has 1 amide bonds. The second kappa shape index (κ2) is 6.51. The van der Waals surface area contributed by atoms with E-state index in [-0.39, 0.29) is 11.5 Å². The Balaban J connectivity index is 4.17. The van der Waals surface area contributed by atoms with Crippen molar-refractivity contribution in [3.63, 3.8) is 0 Å². The smallest absolute Gasteiger partial charge is 0.227 e. The van der Waals surface area contributed by atoms with Crippen LogP contribution in [0.25, 0.3) is 0 Å². The fourth-order valence-electron chi connectivity index (χ4n) is 1.21. The monoisotopic (exact) mass is 241 g/mol.